The van der Waals surface area contributed by atoms with Crippen molar-refractivity contribution in [2.75, 3.05) is 32.6 Å². The third kappa shape index (κ3) is 7.75. The van der Waals surface area contributed by atoms with Crippen LogP contribution in [0.15, 0.2) is 36.4 Å². The van der Waals surface area contributed by atoms with Gasteiger partial charge in [-0.2, -0.15) is 34.8 Å². The van der Waals surface area contributed by atoms with Gasteiger partial charge in [-0.05, 0) is 41.5 Å². The zero-order valence-electron chi connectivity index (χ0n) is 19.6. The highest BCUT2D eigenvalue weighted by Gasteiger charge is 2.41. The molecule has 1 amide bonds. The first-order chi connectivity index (χ1) is 17.4. The van der Waals surface area contributed by atoms with Gasteiger partial charge in [0.1, 0.15) is 5.60 Å². The summed E-state index contributed by atoms with van der Waals surface area (Å²) in [4.78, 5) is 14.3. The van der Waals surface area contributed by atoms with Crippen molar-refractivity contribution in [2.45, 2.75) is 30.8 Å². The molecule has 2 aromatic rings. The summed E-state index contributed by atoms with van der Waals surface area (Å²) >= 11 is 12.1. The van der Waals surface area contributed by atoms with Gasteiger partial charge < -0.3 is 9.64 Å². The zero-order valence-corrected chi connectivity index (χ0v) is 22.0. The second-order valence-electron chi connectivity index (χ2n) is 8.65. The van der Waals surface area contributed by atoms with Crippen molar-refractivity contribution in [1.82, 2.24) is 4.90 Å². The number of morpholine rings is 1. The maximum absolute atomic E-state index is 13.2. The SMILES string of the molecule is CS(=O)(=O)OCCC1(c2ccc(Cl)c(Cl)c2)CN(C(=O)Cc2cc(C(F)(F)F)cc(C(F)(F)F)c2)CCO1. The lowest BCUT2D eigenvalue weighted by Crippen LogP contribution is -2.52. The lowest BCUT2D eigenvalue weighted by molar-refractivity contribution is -0.155. The molecule has 2 aromatic carbocycles. The van der Waals surface area contributed by atoms with Crippen LogP contribution in [0.3, 0.4) is 0 Å². The Morgan fingerprint density at radius 1 is 1.03 bits per heavy atom. The van der Waals surface area contributed by atoms with Crippen LogP contribution in [0.25, 0.3) is 0 Å². The van der Waals surface area contributed by atoms with Gasteiger partial charge in [0.15, 0.2) is 0 Å². The average molecular weight is 608 g/mol. The molecule has 1 unspecified atom stereocenters. The van der Waals surface area contributed by atoms with E-state index in [1.807, 2.05) is 0 Å². The lowest BCUT2D eigenvalue weighted by atomic mass is 9.88. The molecule has 0 aromatic heterocycles. The Bertz CT molecular complexity index is 1270. The minimum Gasteiger partial charge on any atom is -0.366 e. The molecular formula is C23H21Cl2F6NO5S. The molecule has 1 saturated heterocycles. The number of alkyl halides is 6. The quantitative estimate of drug-likeness (QED) is 0.298. The maximum Gasteiger partial charge on any atom is 0.416 e. The van der Waals surface area contributed by atoms with Crippen LogP contribution in [-0.2, 0) is 48.2 Å². The van der Waals surface area contributed by atoms with Gasteiger partial charge in [-0.15, -0.1) is 0 Å². The topological polar surface area (TPSA) is 72.9 Å². The van der Waals surface area contributed by atoms with E-state index < -0.39 is 57.1 Å². The van der Waals surface area contributed by atoms with E-state index in [9.17, 15) is 39.6 Å². The van der Waals surface area contributed by atoms with E-state index in [4.69, 9.17) is 32.1 Å². The van der Waals surface area contributed by atoms with Gasteiger partial charge in [0.2, 0.25) is 5.91 Å². The molecule has 0 N–H and O–H groups in total. The van der Waals surface area contributed by atoms with Crippen LogP contribution >= 0.6 is 23.2 Å². The fourth-order valence-corrected chi connectivity index (χ4v) is 4.70. The van der Waals surface area contributed by atoms with Crippen molar-refractivity contribution in [3.8, 4) is 0 Å². The molecule has 1 fully saturated rings. The third-order valence-electron chi connectivity index (χ3n) is 5.79. The highest BCUT2D eigenvalue weighted by molar-refractivity contribution is 7.85. The van der Waals surface area contributed by atoms with Gasteiger partial charge in [-0.25, -0.2) is 0 Å². The molecule has 1 heterocycles. The Morgan fingerprint density at radius 3 is 2.16 bits per heavy atom. The molecule has 3 rings (SSSR count). The van der Waals surface area contributed by atoms with E-state index in [1.54, 1.807) is 6.07 Å². The molecule has 15 heteroatoms. The number of amides is 1. The van der Waals surface area contributed by atoms with E-state index in [0.717, 1.165) is 6.26 Å². The summed E-state index contributed by atoms with van der Waals surface area (Å²) in [5, 5.41) is 0.356. The van der Waals surface area contributed by atoms with E-state index in [-0.39, 0.29) is 48.8 Å². The summed E-state index contributed by atoms with van der Waals surface area (Å²) in [5.74, 6) is -0.755. The van der Waals surface area contributed by atoms with Crippen LogP contribution in [0.2, 0.25) is 10.0 Å². The van der Waals surface area contributed by atoms with Crippen molar-refractivity contribution in [2.24, 2.45) is 0 Å². The van der Waals surface area contributed by atoms with Gasteiger partial charge >= 0.3 is 12.4 Å². The third-order valence-corrected chi connectivity index (χ3v) is 7.12. The number of nitrogens with zero attached hydrogens (tertiary/aromatic N) is 1. The van der Waals surface area contributed by atoms with Crippen LogP contribution in [0.4, 0.5) is 26.3 Å². The molecule has 0 radical (unpaired) electrons. The number of benzene rings is 2. The molecule has 6 nitrogen and oxygen atoms in total. The van der Waals surface area contributed by atoms with E-state index in [2.05, 4.69) is 0 Å². The number of rotatable bonds is 7. The number of hydrogen-bond acceptors (Lipinski definition) is 5. The van der Waals surface area contributed by atoms with Crippen molar-refractivity contribution < 1.29 is 48.5 Å². The Balaban J connectivity index is 1.91. The molecule has 1 atom stereocenters. The summed E-state index contributed by atoms with van der Waals surface area (Å²) < 4.78 is 113. The molecule has 0 bridgehead atoms. The van der Waals surface area contributed by atoms with Gasteiger partial charge in [0.25, 0.3) is 10.1 Å². The van der Waals surface area contributed by atoms with Gasteiger partial charge in [-0.1, -0.05) is 29.3 Å². The van der Waals surface area contributed by atoms with Crippen LogP contribution < -0.4 is 0 Å². The van der Waals surface area contributed by atoms with Crippen LogP contribution in [0.1, 0.15) is 28.7 Å². The van der Waals surface area contributed by atoms with Crippen LogP contribution in [0.5, 0.6) is 0 Å². The fraction of sp³-hybridized carbons (Fsp3) is 0.435. The maximum atomic E-state index is 13.2. The van der Waals surface area contributed by atoms with E-state index >= 15 is 0 Å². The Morgan fingerprint density at radius 2 is 1.63 bits per heavy atom. The lowest BCUT2D eigenvalue weighted by Gasteiger charge is -2.43. The Hall–Kier alpha value is -2.06. The first kappa shape index (κ1) is 30.5. The number of carbonyl (C=O) groups excluding carboxylic acids is 1. The summed E-state index contributed by atoms with van der Waals surface area (Å²) in [5.41, 5.74) is -4.46. The number of hydrogen-bond donors (Lipinski definition) is 0. The van der Waals surface area contributed by atoms with Crippen molar-refractivity contribution in [3.63, 3.8) is 0 Å². The van der Waals surface area contributed by atoms with E-state index in [1.165, 1.54) is 17.0 Å². The van der Waals surface area contributed by atoms with Crippen molar-refractivity contribution in [1.29, 1.82) is 0 Å². The van der Waals surface area contributed by atoms with Crippen molar-refractivity contribution >= 4 is 39.2 Å². The van der Waals surface area contributed by atoms with Gasteiger partial charge in [0, 0.05) is 13.0 Å². The minimum atomic E-state index is -5.05. The smallest absolute Gasteiger partial charge is 0.366 e. The van der Waals surface area contributed by atoms with Gasteiger partial charge in [0.05, 0.1) is 53.6 Å². The second-order valence-corrected chi connectivity index (χ2v) is 11.1. The monoisotopic (exact) mass is 607 g/mol. The standard InChI is InChI=1S/C23H21Cl2F6NO5S/c1-38(34,35)37-6-4-21(15-2-3-18(24)19(25)12-15)13-32(5-7-36-21)20(33)10-14-8-16(22(26,27)28)11-17(9-14)23(29,30)31/h2-3,8-9,11-12H,4-7,10,13H2,1H3. The minimum absolute atomic E-state index is 0.0140. The average Bonchev–Trinajstić information content (AvgIpc) is 2.78. The molecule has 0 aliphatic carbocycles. The van der Waals surface area contributed by atoms with Crippen molar-refractivity contribution in [3.05, 3.63) is 68.7 Å². The molecule has 1 aliphatic rings. The number of halogens is 8. The second kappa shape index (κ2) is 11.2. The molecule has 1 aliphatic heterocycles. The van der Waals surface area contributed by atoms with E-state index in [0.29, 0.717) is 17.7 Å². The Kier molecular flexibility index (Phi) is 8.99. The predicted molar refractivity (Wildman–Crippen MR) is 126 cm³/mol. The molecule has 38 heavy (non-hydrogen) atoms. The molecule has 210 valence electrons. The Labute approximate surface area is 224 Å². The first-order valence-electron chi connectivity index (χ1n) is 10.9. The summed E-state index contributed by atoms with van der Waals surface area (Å²) in [6, 6.07) is 5.45. The van der Waals surface area contributed by atoms with Gasteiger partial charge in [-0.3, -0.25) is 8.98 Å². The fourth-order valence-electron chi connectivity index (χ4n) is 4.01. The van der Waals surface area contributed by atoms with Crippen LogP contribution in [-0.4, -0.2) is 51.8 Å². The summed E-state index contributed by atoms with van der Waals surface area (Å²) in [6.45, 7) is -0.632. The normalized spacial score (nSPS) is 19.0. The van der Waals surface area contributed by atoms with Crippen LogP contribution in [0, 0.1) is 0 Å². The zero-order chi connectivity index (χ0) is 28.5. The molecule has 0 saturated carbocycles. The summed E-state index contributed by atoms with van der Waals surface area (Å²) in [6.07, 6.45) is -10.1. The highest BCUT2D eigenvalue weighted by Crippen LogP contribution is 2.38. The molecule has 0 spiro atoms. The highest BCUT2D eigenvalue weighted by atomic mass is 35.5. The largest absolute Gasteiger partial charge is 0.416 e. The molecular weight excluding hydrogens is 587 g/mol. The summed E-state index contributed by atoms with van der Waals surface area (Å²) in [7, 11) is -3.82. The first-order valence-corrected chi connectivity index (χ1v) is 13.5. The number of carbonyl (C=O) groups is 1. The number of ether oxygens (including phenoxy) is 1. The predicted octanol–water partition coefficient (Wildman–Crippen LogP) is 5.69.